The van der Waals surface area contributed by atoms with E-state index in [0.29, 0.717) is 29.4 Å². The molecule has 1 aliphatic rings. The molecule has 2 unspecified atom stereocenters. The van der Waals surface area contributed by atoms with Crippen LogP contribution < -0.4 is 14.2 Å². The summed E-state index contributed by atoms with van der Waals surface area (Å²) in [5, 5.41) is 10.7. The lowest BCUT2D eigenvalue weighted by Crippen LogP contribution is -2.28. The minimum atomic E-state index is -0.837. The summed E-state index contributed by atoms with van der Waals surface area (Å²) in [5.74, 6) is 1.48. The maximum absolute atomic E-state index is 13.6. The van der Waals surface area contributed by atoms with E-state index in [4.69, 9.17) is 14.2 Å². The molecule has 0 radical (unpaired) electrons. The quantitative estimate of drug-likeness (QED) is 0.799. The van der Waals surface area contributed by atoms with Crippen LogP contribution in [0.25, 0.3) is 0 Å². The molecule has 0 aromatic heterocycles. The highest BCUT2D eigenvalue weighted by Gasteiger charge is 2.29. The predicted molar refractivity (Wildman–Crippen MR) is 101 cm³/mol. The number of hydrogen-bond donors (Lipinski definition) is 1. The highest BCUT2D eigenvalue weighted by molar-refractivity contribution is 5.44. The average molecular weight is 375 g/mol. The molecule has 2 aromatic carbocycles. The summed E-state index contributed by atoms with van der Waals surface area (Å²) in [6.07, 6.45) is 1.19. The van der Waals surface area contributed by atoms with Crippen molar-refractivity contribution in [2.45, 2.75) is 25.0 Å². The molecule has 1 fully saturated rings. The van der Waals surface area contributed by atoms with Gasteiger partial charge in [-0.1, -0.05) is 6.07 Å². The number of hydrogen-bond acceptors (Lipinski definition) is 5. The van der Waals surface area contributed by atoms with Crippen molar-refractivity contribution in [3.63, 3.8) is 0 Å². The van der Waals surface area contributed by atoms with Gasteiger partial charge in [0.05, 0.1) is 27.4 Å². The Hall–Kier alpha value is -2.31. The Morgan fingerprint density at radius 1 is 1.04 bits per heavy atom. The summed E-state index contributed by atoms with van der Waals surface area (Å²) in [5.41, 5.74) is 1.58. The van der Waals surface area contributed by atoms with Gasteiger partial charge < -0.3 is 19.3 Å². The first-order valence-corrected chi connectivity index (χ1v) is 9.04. The molecule has 0 amide bonds. The normalized spacial score (nSPS) is 18.3. The molecule has 0 aliphatic carbocycles. The second kappa shape index (κ2) is 8.59. The zero-order valence-corrected chi connectivity index (χ0v) is 15.9. The number of benzene rings is 2. The fourth-order valence-corrected chi connectivity index (χ4v) is 3.77. The maximum Gasteiger partial charge on any atom is 0.161 e. The molecule has 27 heavy (non-hydrogen) atoms. The lowest BCUT2D eigenvalue weighted by Gasteiger charge is -2.28. The van der Waals surface area contributed by atoms with Crippen molar-refractivity contribution in [1.29, 1.82) is 0 Å². The third kappa shape index (κ3) is 4.17. The Labute approximate surface area is 159 Å². The molecule has 0 spiro atoms. The van der Waals surface area contributed by atoms with Gasteiger partial charge in [0.25, 0.3) is 0 Å². The van der Waals surface area contributed by atoms with E-state index in [2.05, 4.69) is 4.90 Å². The number of β-amino-alcohol motifs (C(OH)–C–C–N with tert-alkyl or cyclic N) is 1. The molecule has 0 saturated carbocycles. The molecule has 1 N–H and O–H groups in total. The van der Waals surface area contributed by atoms with Crippen LogP contribution in [0, 0.1) is 5.82 Å². The summed E-state index contributed by atoms with van der Waals surface area (Å²) in [6, 6.07) is 10.3. The molecule has 146 valence electrons. The van der Waals surface area contributed by atoms with E-state index in [9.17, 15) is 9.50 Å². The maximum atomic E-state index is 13.6. The zero-order valence-electron chi connectivity index (χ0n) is 15.9. The first-order valence-electron chi connectivity index (χ1n) is 9.04. The number of aliphatic hydroxyl groups is 1. The molecule has 6 heteroatoms. The fourth-order valence-electron chi connectivity index (χ4n) is 3.77. The van der Waals surface area contributed by atoms with Gasteiger partial charge in [-0.15, -0.1) is 0 Å². The standard InChI is InChI=1S/C21H26FNO4/c1-25-19-9-7-15(22)12-16(19)18(24)13-23-10-4-5-17(23)14-6-8-20(26-2)21(11-14)27-3/h6-9,11-12,17-18,24H,4-5,10,13H2,1-3H3. The van der Waals surface area contributed by atoms with E-state index in [1.165, 1.54) is 19.2 Å². The average Bonchev–Trinajstić information content (AvgIpc) is 3.15. The lowest BCUT2D eigenvalue weighted by molar-refractivity contribution is 0.103. The minimum absolute atomic E-state index is 0.166. The first-order chi connectivity index (χ1) is 13.1. The van der Waals surface area contributed by atoms with Gasteiger partial charge >= 0.3 is 0 Å². The summed E-state index contributed by atoms with van der Waals surface area (Å²) < 4.78 is 29.7. The molecule has 2 atom stereocenters. The van der Waals surface area contributed by atoms with E-state index in [-0.39, 0.29) is 11.9 Å². The van der Waals surface area contributed by atoms with Crippen LogP contribution in [0.4, 0.5) is 4.39 Å². The number of aliphatic hydroxyl groups excluding tert-OH is 1. The molecule has 1 aliphatic heterocycles. The second-order valence-electron chi connectivity index (χ2n) is 6.67. The number of rotatable bonds is 7. The predicted octanol–water partition coefficient (Wildman–Crippen LogP) is 3.72. The Morgan fingerprint density at radius 2 is 1.74 bits per heavy atom. The summed E-state index contributed by atoms with van der Waals surface area (Å²) in [7, 11) is 4.75. The van der Waals surface area contributed by atoms with Gasteiger partial charge in [-0.25, -0.2) is 4.39 Å². The minimum Gasteiger partial charge on any atom is -0.496 e. The van der Waals surface area contributed by atoms with Crippen LogP contribution >= 0.6 is 0 Å². The number of methoxy groups -OCH3 is 3. The molecule has 0 bridgehead atoms. The van der Waals surface area contributed by atoms with Gasteiger partial charge in [0.15, 0.2) is 11.5 Å². The van der Waals surface area contributed by atoms with Crippen LogP contribution in [0.5, 0.6) is 17.2 Å². The highest BCUT2D eigenvalue weighted by Crippen LogP contribution is 2.38. The molecule has 1 saturated heterocycles. The Morgan fingerprint density at radius 3 is 2.44 bits per heavy atom. The summed E-state index contributed by atoms with van der Waals surface area (Å²) in [4.78, 5) is 2.22. The third-order valence-electron chi connectivity index (χ3n) is 5.11. The van der Waals surface area contributed by atoms with Crippen molar-refractivity contribution in [1.82, 2.24) is 4.90 Å². The SMILES string of the molecule is COc1ccc(C2CCCN2CC(O)c2cc(F)ccc2OC)cc1OC. The Bertz CT molecular complexity index is 783. The van der Waals surface area contributed by atoms with Crippen molar-refractivity contribution in [2.75, 3.05) is 34.4 Å². The van der Waals surface area contributed by atoms with Crippen molar-refractivity contribution < 1.29 is 23.7 Å². The van der Waals surface area contributed by atoms with Gasteiger partial charge in [-0.2, -0.15) is 0 Å². The topological polar surface area (TPSA) is 51.2 Å². The zero-order chi connectivity index (χ0) is 19.4. The number of halogens is 1. The number of ether oxygens (including phenoxy) is 3. The fraction of sp³-hybridized carbons (Fsp3) is 0.429. The first kappa shape index (κ1) is 19.5. The Balaban J connectivity index is 1.80. The van der Waals surface area contributed by atoms with Crippen LogP contribution in [-0.2, 0) is 0 Å². The highest BCUT2D eigenvalue weighted by atomic mass is 19.1. The van der Waals surface area contributed by atoms with Crippen molar-refractivity contribution in [3.05, 3.63) is 53.3 Å². The largest absolute Gasteiger partial charge is 0.496 e. The van der Waals surface area contributed by atoms with Crippen molar-refractivity contribution >= 4 is 0 Å². The van der Waals surface area contributed by atoms with Gasteiger partial charge in [-0.3, -0.25) is 4.90 Å². The molecule has 3 rings (SSSR count). The van der Waals surface area contributed by atoms with Crippen LogP contribution in [0.3, 0.4) is 0 Å². The van der Waals surface area contributed by atoms with E-state index in [0.717, 1.165) is 24.9 Å². The van der Waals surface area contributed by atoms with Crippen LogP contribution in [0.15, 0.2) is 36.4 Å². The lowest BCUT2D eigenvalue weighted by atomic mass is 10.0. The molecule has 5 nitrogen and oxygen atoms in total. The van der Waals surface area contributed by atoms with Gasteiger partial charge in [0.1, 0.15) is 11.6 Å². The molecule has 2 aromatic rings. The van der Waals surface area contributed by atoms with E-state index in [1.54, 1.807) is 20.3 Å². The van der Waals surface area contributed by atoms with E-state index < -0.39 is 6.10 Å². The van der Waals surface area contributed by atoms with Crippen LogP contribution in [0.2, 0.25) is 0 Å². The van der Waals surface area contributed by atoms with Crippen molar-refractivity contribution in [2.24, 2.45) is 0 Å². The second-order valence-corrected chi connectivity index (χ2v) is 6.67. The van der Waals surface area contributed by atoms with Crippen LogP contribution in [-0.4, -0.2) is 44.4 Å². The van der Waals surface area contributed by atoms with Gasteiger partial charge in [0.2, 0.25) is 0 Å². The summed E-state index contributed by atoms with van der Waals surface area (Å²) in [6.45, 7) is 1.27. The van der Waals surface area contributed by atoms with Crippen molar-refractivity contribution in [3.8, 4) is 17.2 Å². The Kier molecular flexibility index (Phi) is 6.19. The van der Waals surface area contributed by atoms with Gasteiger partial charge in [-0.05, 0) is 55.3 Å². The molecule has 1 heterocycles. The number of likely N-dealkylation sites (tertiary alicyclic amines) is 1. The van der Waals surface area contributed by atoms with Crippen LogP contribution in [0.1, 0.15) is 36.1 Å². The summed E-state index contributed by atoms with van der Waals surface area (Å²) >= 11 is 0. The number of nitrogens with zero attached hydrogens (tertiary/aromatic N) is 1. The smallest absolute Gasteiger partial charge is 0.161 e. The third-order valence-corrected chi connectivity index (χ3v) is 5.11. The molecular formula is C21H26FNO4. The van der Waals surface area contributed by atoms with Gasteiger partial charge in [0, 0.05) is 18.2 Å². The van der Waals surface area contributed by atoms with E-state index in [1.807, 2.05) is 18.2 Å². The molecular weight excluding hydrogens is 349 g/mol. The monoisotopic (exact) mass is 375 g/mol. The van der Waals surface area contributed by atoms with E-state index >= 15 is 0 Å².